The molecular formula is C16H24N2O2. The molecule has 1 aromatic rings. The van der Waals surface area contributed by atoms with Crippen LogP contribution in [0.2, 0.25) is 0 Å². The second kappa shape index (κ2) is 6.27. The van der Waals surface area contributed by atoms with E-state index in [0.29, 0.717) is 0 Å². The van der Waals surface area contributed by atoms with Gasteiger partial charge in [-0.15, -0.1) is 0 Å². The van der Waals surface area contributed by atoms with Crippen molar-refractivity contribution in [1.29, 1.82) is 0 Å². The third kappa shape index (κ3) is 3.12. The first-order chi connectivity index (χ1) is 9.52. The number of carbonyl (C=O) groups excluding carboxylic acids is 1. The maximum atomic E-state index is 11.9. The van der Waals surface area contributed by atoms with Gasteiger partial charge in [-0.3, -0.25) is 4.79 Å². The van der Waals surface area contributed by atoms with E-state index < -0.39 is 6.10 Å². The van der Waals surface area contributed by atoms with Crippen LogP contribution in [0.25, 0.3) is 0 Å². The summed E-state index contributed by atoms with van der Waals surface area (Å²) in [5.41, 5.74) is 8.14. The summed E-state index contributed by atoms with van der Waals surface area (Å²) >= 11 is 0. The summed E-state index contributed by atoms with van der Waals surface area (Å²) in [6.07, 6.45) is 3.79. The normalized spacial score (nSPS) is 19.5. The molecule has 1 amide bonds. The lowest BCUT2D eigenvalue weighted by molar-refractivity contribution is -0.125. The maximum absolute atomic E-state index is 11.9. The van der Waals surface area contributed by atoms with Gasteiger partial charge in [0.1, 0.15) is 5.75 Å². The van der Waals surface area contributed by atoms with Crippen molar-refractivity contribution in [2.75, 3.05) is 11.9 Å². The number of ether oxygens (including phenoxy) is 1. The Hall–Kier alpha value is -1.55. The molecule has 0 radical (unpaired) electrons. The highest BCUT2D eigenvalue weighted by Crippen LogP contribution is 2.34. The Morgan fingerprint density at radius 1 is 1.45 bits per heavy atom. The van der Waals surface area contributed by atoms with Gasteiger partial charge in [-0.1, -0.05) is 25.8 Å². The van der Waals surface area contributed by atoms with E-state index in [1.165, 1.54) is 6.42 Å². The van der Waals surface area contributed by atoms with Gasteiger partial charge in [0.2, 0.25) is 0 Å². The molecule has 1 aliphatic heterocycles. The zero-order valence-electron chi connectivity index (χ0n) is 12.6. The fourth-order valence-corrected chi connectivity index (χ4v) is 2.56. The van der Waals surface area contributed by atoms with E-state index in [4.69, 9.17) is 10.5 Å². The SMILES string of the molecule is CCCCC(N)Cc1ccc2c(c1)N(C)C(=O)C(C)O2. The number of hydrogen-bond acceptors (Lipinski definition) is 3. The van der Waals surface area contributed by atoms with Gasteiger partial charge in [0, 0.05) is 13.1 Å². The summed E-state index contributed by atoms with van der Waals surface area (Å²) in [6, 6.07) is 6.18. The quantitative estimate of drug-likeness (QED) is 0.899. The van der Waals surface area contributed by atoms with Gasteiger partial charge in [0.05, 0.1) is 5.69 Å². The third-order valence-corrected chi connectivity index (χ3v) is 3.79. The van der Waals surface area contributed by atoms with E-state index >= 15 is 0 Å². The highest BCUT2D eigenvalue weighted by atomic mass is 16.5. The number of anilines is 1. The Bertz CT molecular complexity index is 487. The van der Waals surface area contributed by atoms with Crippen LogP contribution in [0.15, 0.2) is 18.2 Å². The van der Waals surface area contributed by atoms with Crippen molar-refractivity contribution in [3.05, 3.63) is 23.8 Å². The fraction of sp³-hybridized carbons (Fsp3) is 0.562. The topological polar surface area (TPSA) is 55.6 Å². The van der Waals surface area contributed by atoms with Crippen molar-refractivity contribution in [3.8, 4) is 5.75 Å². The third-order valence-electron chi connectivity index (χ3n) is 3.79. The van der Waals surface area contributed by atoms with Gasteiger partial charge in [-0.2, -0.15) is 0 Å². The van der Waals surface area contributed by atoms with Crippen LogP contribution in [0, 0.1) is 0 Å². The molecule has 4 heteroatoms. The second-order valence-corrected chi connectivity index (χ2v) is 5.57. The molecule has 0 bridgehead atoms. The van der Waals surface area contributed by atoms with Gasteiger partial charge in [0.15, 0.2) is 6.10 Å². The van der Waals surface area contributed by atoms with Gasteiger partial charge in [-0.25, -0.2) is 0 Å². The van der Waals surface area contributed by atoms with Crippen LogP contribution in [-0.4, -0.2) is 25.1 Å². The number of nitrogens with zero attached hydrogens (tertiary/aromatic N) is 1. The zero-order valence-corrected chi connectivity index (χ0v) is 12.6. The highest BCUT2D eigenvalue weighted by Gasteiger charge is 2.28. The lowest BCUT2D eigenvalue weighted by atomic mass is 10.0. The molecule has 110 valence electrons. The molecule has 0 saturated carbocycles. The van der Waals surface area contributed by atoms with Crippen LogP contribution in [0.3, 0.4) is 0 Å². The molecule has 2 unspecified atom stereocenters. The smallest absolute Gasteiger partial charge is 0.267 e. The van der Waals surface area contributed by atoms with Gasteiger partial charge in [-0.05, 0) is 37.5 Å². The molecule has 2 rings (SSSR count). The average molecular weight is 276 g/mol. The van der Waals surface area contributed by atoms with Crippen molar-refractivity contribution in [2.45, 2.75) is 51.7 Å². The summed E-state index contributed by atoms with van der Waals surface area (Å²) in [5.74, 6) is 0.760. The number of nitrogens with two attached hydrogens (primary N) is 1. The Labute approximate surface area is 120 Å². The molecule has 0 saturated heterocycles. The monoisotopic (exact) mass is 276 g/mol. The van der Waals surface area contributed by atoms with Gasteiger partial charge < -0.3 is 15.4 Å². The number of unbranched alkanes of at least 4 members (excludes halogenated alkanes) is 1. The van der Waals surface area contributed by atoms with Crippen molar-refractivity contribution in [2.24, 2.45) is 5.73 Å². The maximum Gasteiger partial charge on any atom is 0.267 e. The molecule has 1 aliphatic rings. The summed E-state index contributed by atoms with van der Waals surface area (Å²) in [4.78, 5) is 13.6. The minimum Gasteiger partial charge on any atom is -0.479 e. The van der Waals surface area contributed by atoms with Crippen LogP contribution < -0.4 is 15.4 Å². The Balaban J connectivity index is 2.13. The minimum atomic E-state index is -0.412. The number of fused-ring (bicyclic) bond motifs is 1. The van der Waals surface area contributed by atoms with E-state index in [2.05, 4.69) is 6.92 Å². The summed E-state index contributed by atoms with van der Waals surface area (Å²) in [7, 11) is 1.79. The number of rotatable bonds is 5. The van der Waals surface area contributed by atoms with Crippen LogP contribution in [-0.2, 0) is 11.2 Å². The second-order valence-electron chi connectivity index (χ2n) is 5.57. The number of hydrogen-bond donors (Lipinski definition) is 1. The predicted molar refractivity (Wildman–Crippen MR) is 81.1 cm³/mol. The van der Waals surface area contributed by atoms with Crippen LogP contribution in [0.4, 0.5) is 5.69 Å². The van der Waals surface area contributed by atoms with E-state index in [1.807, 2.05) is 18.2 Å². The molecule has 0 aromatic heterocycles. The molecule has 2 atom stereocenters. The molecule has 1 aromatic carbocycles. The van der Waals surface area contributed by atoms with Crippen molar-refractivity contribution < 1.29 is 9.53 Å². The van der Waals surface area contributed by atoms with Gasteiger partial charge >= 0.3 is 0 Å². The van der Waals surface area contributed by atoms with Crippen molar-refractivity contribution >= 4 is 11.6 Å². The highest BCUT2D eigenvalue weighted by molar-refractivity contribution is 5.99. The lowest BCUT2D eigenvalue weighted by Gasteiger charge is -2.30. The zero-order chi connectivity index (χ0) is 14.7. The summed E-state index contributed by atoms with van der Waals surface area (Å²) in [6.45, 7) is 3.95. The molecule has 0 fully saturated rings. The average Bonchev–Trinajstić information content (AvgIpc) is 2.43. The predicted octanol–water partition coefficient (Wildman–Crippen LogP) is 2.49. The molecule has 2 N–H and O–H groups in total. The van der Waals surface area contributed by atoms with E-state index in [0.717, 1.165) is 36.3 Å². The van der Waals surface area contributed by atoms with Crippen molar-refractivity contribution in [3.63, 3.8) is 0 Å². The molecule has 0 aliphatic carbocycles. The van der Waals surface area contributed by atoms with Crippen LogP contribution in [0.1, 0.15) is 38.7 Å². The van der Waals surface area contributed by atoms with E-state index in [1.54, 1.807) is 18.9 Å². The largest absolute Gasteiger partial charge is 0.479 e. The van der Waals surface area contributed by atoms with Gasteiger partial charge in [0.25, 0.3) is 5.91 Å². The lowest BCUT2D eigenvalue weighted by Crippen LogP contribution is -2.42. The van der Waals surface area contributed by atoms with Crippen LogP contribution >= 0.6 is 0 Å². The van der Waals surface area contributed by atoms with E-state index in [-0.39, 0.29) is 11.9 Å². The molecular weight excluding hydrogens is 252 g/mol. The fourth-order valence-electron chi connectivity index (χ4n) is 2.56. The van der Waals surface area contributed by atoms with Crippen LogP contribution in [0.5, 0.6) is 5.75 Å². The standard InChI is InChI=1S/C16H24N2O2/c1-4-5-6-13(17)9-12-7-8-15-14(10-12)18(3)16(19)11(2)20-15/h7-8,10-11,13H,4-6,9,17H2,1-3H3. The molecule has 1 heterocycles. The Kier molecular flexibility index (Phi) is 4.65. The first-order valence-electron chi connectivity index (χ1n) is 7.35. The van der Waals surface area contributed by atoms with E-state index in [9.17, 15) is 4.79 Å². The molecule has 20 heavy (non-hydrogen) atoms. The summed E-state index contributed by atoms with van der Waals surface area (Å²) < 4.78 is 5.62. The first-order valence-corrected chi connectivity index (χ1v) is 7.35. The number of benzene rings is 1. The number of amides is 1. The Morgan fingerprint density at radius 3 is 2.90 bits per heavy atom. The molecule has 4 nitrogen and oxygen atoms in total. The Morgan fingerprint density at radius 2 is 2.20 bits per heavy atom. The first kappa shape index (κ1) is 14.9. The number of carbonyl (C=O) groups is 1. The minimum absolute atomic E-state index is 0.00932. The summed E-state index contributed by atoms with van der Waals surface area (Å²) in [5, 5.41) is 0. The van der Waals surface area contributed by atoms with Crippen molar-refractivity contribution in [1.82, 2.24) is 0 Å². The number of likely N-dealkylation sites (N-methyl/N-ethyl adjacent to an activating group) is 1. The molecule has 0 spiro atoms.